The number of thioether (sulfide) groups is 1. The van der Waals surface area contributed by atoms with Crippen LogP contribution in [0.2, 0.25) is 10.0 Å². The number of nitrogens with zero attached hydrogens (tertiary/aromatic N) is 2. The molecular weight excluding hydrogens is 365 g/mol. The summed E-state index contributed by atoms with van der Waals surface area (Å²) in [5.74, 6) is 0.541. The van der Waals surface area contributed by atoms with Crippen molar-refractivity contribution in [2.75, 3.05) is 17.2 Å². The highest BCUT2D eigenvalue weighted by atomic mass is 35.5. The molecule has 1 aromatic heterocycles. The van der Waals surface area contributed by atoms with E-state index < -0.39 is 9.84 Å². The molecule has 0 aliphatic carbocycles. The molecule has 2 aromatic rings. The summed E-state index contributed by atoms with van der Waals surface area (Å²) in [7, 11) is -3.53. The van der Waals surface area contributed by atoms with Gasteiger partial charge in [0.05, 0.1) is 15.7 Å². The van der Waals surface area contributed by atoms with E-state index in [2.05, 4.69) is 9.97 Å². The van der Waals surface area contributed by atoms with Crippen LogP contribution in [0.4, 0.5) is 5.82 Å². The summed E-state index contributed by atoms with van der Waals surface area (Å²) in [6.45, 7) is 1.80. The molecule has 0 atom stereocenters. The minimum Gasteiger partial charge on any atom is -0.384 e. The predicted octanol–water partition coefficient (Wildman–Crippen LogP) is 3.24. The smallest absolute Gasteiger partial charge is 0.189 e. The highest BCUT2D eigenvalue weighted by Gasteiger charge is 2.19. The second-order valence-corrected chi connectivity index (χ2v) is 8.44. The monoisotopic (exact) mass is 377 g/mol. The Hall–Kier alpha value is -1.02. The third kappa shape index (κ3) is 4.49. The van der Waals surface area contributed by atoms with E-state index in [1.54, 1.807) is 19.1 Å². The maximum absolute atomic E-state index is 12.3. The second kappa shape index (κ2) is 7.04. The Kier molecular flexibility index (Phi) is 5.55. The molecule has 0 aliphatic heterocycles. The van der Waals surface area contributed by atoms with Crippen LogP contribution < -0.4 is 5.73 Å². The molecule has 0 bridgehead atoms. The first-order chi connectivity index (χ1) is 10.3. The van der Waals surface area contributed by atoms with Crippen molar-refractivity contribution in [1.29, 1.82) is 0 Å². The molecule has 1 heterocycles. The quantitative estimate of drug-likeness (QED) is 0.635. The molecular formula is C13H13Cl2N3O2S2. The van der Waals surface area contributed by atoms with Crippen LogP contribution in [0, 0.1) is 6.92 Å². The highest BCUT2D eigenvalue weighted by Crippen LogP contribution is 2.27. The van der Waals surface area contributed by atoms with E-state index in [4.69, 9.17) is 28.9 Å². The van der Waals surface area contributed by atoms with E-state index in [-0.39, 0.29) is 21.4 Å². The molecule has 0 radical (unpaired) electrons. The molecule has 0 spiro atoms. The summed E-state index contributed by atoms with van der Waals surface area (Å²) in [4.78, 5) is 8.27. The zero-order chi connectivity index (χ0) is 16.3. The zero-order valence-electron chi connectivity index (χ0n) is 11.6. The minimum atomic E-state index is -3.53. The van der Waals surface area contributed by atoms with Crippen molar-refractivity contribution in [3.63, 3.8) is 0 Å². The Labute approximate surface area is 143 Å². The van der Waals surface area contributed by atoms with E-state index in [1.165, 1.54) is 23.9 Å². The van der Waals surface area contributed by atoms with Crippen molar-refractivity contribution in [3.8, 4) is 0 Å². The van der Waals surface area contributed by atoms with Crippen molar-refractivity contribution in [1.82, 2.24) is 9.97 Å². The molecule has 0 unspecified atom stereocenters. The molecule has 1 aromatic carbocycles. The molecule has 22 heavy (non-hydrogen) atoms. The van der Waals surface area contributed by atoms with Crippen LogP contribution in [0.5, 0.6) is 0 Å². The van der Waals surface area contributed by atoms with Gasteiger partial charge in [0.25, 0.3) is 0 Å². The normalized spacial score (nSPS) is 11.6. The highest BCUT2D eigenvalue weighted by molar-refractivity contribution is 8.00. The van der Waals surface area contributed by atoms with Gasteiger partial charge >= 0.3 is 0 Å². The van der Waals surface area contributed by atoms with Crippen molar-refractivity contribution < 1.29 is 8.42 Å². The lowest BCUT2D eigenvalue weighted by atomic mass is 10.4. The molecule has 2 rings (SSSR count). The summed E-state index contributed by atoms with van der Waals surface area (Å²) in [5.41, 5.74) is 6.36. The third-order valence-corrected chi connectivity index (χ3v) is 6.20. The van der Waals surface area contributed by atoms with Gasteiger partial charge in [0.1, 0.15) is 5.82 Å². The first-order valence-corrected chi connectivity index (χ1v) is 9.59. The number of aryl methyl sites for hydroxylation is 1. The Morgan fingerprint density at radius 2 is 1.95 bits per heavy atom. The van der Waals surface area contributed by atoms with Crippen LogP contribution in [-0.4, -0.2) is 29.9 Å². The van der Waals surface area contributed by atoms with Gasteiger partial charge < -0.3 is 5.73 Å². The largest absolute Gasteiger partial charge is 0.384 e. The number of benzene rings is 1. The van der Waals surface area contributed by atoms with Gasteiger partial charge in [-0.3, -0.25) is 0 Å². The van der Waals surface area contributed by atoms with Gasteiger partial charge in [-0.1, -0.05) is 35.0 Å². The summed E-state index contributed by atoms with van der Waals surface area (Å²) in [6, 6.07) is 6.01. The number of sulfone groups is 1. The molecule has 2 N–H and O–H groups in total. The standard InChI is InChI=1S/C13H13Cl2N3O2S2/c1-8-6-12(16)18-13(17-8)21-4-5-22(19,20)11-7-9(14)2-3-10(11)15/h2-3,6-7H,4-5H2,1H3,(H2,16,17,18). The Balaban J connectivity index is 2.08. The van der Waals surface area contributed by atoms with Crippen molar-refractivity contribution in [2.24, 2.45) is 0 Å². The lowest BCUT2D eigenvalue weighted by molar-refractivity contribution is 0.597. The van der Waals surface area contributed by atoms with E-state index in [0.29, 0.717) is 16.0 Å². The Bertz CT molecular complexity index is 778. The van der Waals surface area contributed by atoms with Gasteiger partial charge in [-0.15, -0.1) is 0 Å². The average Bonchev–Trinajstić information content (AvgIpc) is 2.40. The maximum Gasteiger partial charge on any atom is 0.189 e. The van der Waals surface area contributed by atoms with Crippen LogP contribution in [0.15, 0.2) is 34.3 Å². The molecule has 0 aliphatic rings. The third-order valence-electron chi connectivity index (χ3n) is 2.67. The molecule has 118 valence electrons. The summed E-state index contributed by atoms with van der Waals surface area (Å²) in [6.07, 6.45) is 0. The summed E-state index contributed by atoms with van der Waals surface area (Å²) >= 11 is 13.0. The zero-order valence-corrected chi connectivity index (χ0v) is 14.7. The number of aromatic nitrogens is 2. The van der Waals surface area contributed by atoms with Gasteiger partial charge in [0.2, 0.25) is 0 Å². The van der Waals surface area contributed by atoms with Crippen LogP contribution in [0.1, 0.15) is 5.69 Å². The van der Waals surface area contributed by atoms with Gasteiger partial charge in [-0.25, -0.2) is 18.4 Å². The Morgan fingerprint density at radius 3 is 2.64 bits per heavy atom. The molecule has 0 fully saturated rings. The summed E-state index contributed by atoms with van der Waals surface area (Å²) in [5, 5.41) is 0.931. The lowest BCUT2D eigenvalue weighted by Gasteiger charge is -2.07. The fourth-order valence-electron chi connectivity index (χ4n) is 1.70. The van der Waals surface area contributed by atoms with Gasteiger partial charge in [-0.2, -0.15) is 0 Å². The first-order valence-electron chi connectivity index (χ1n) is 6.20. The number of nitrogen functional groups attached to an aromatic ring is 1. The van der Waals surface area contributed by atoms with Crippen LogP contribution in [0.3, 0.4) is 0 Å². The average molecular weight is 378 g/mol. The van der Waals surface area contributed by atoms with E-state index in [0.717, 1.165) is 5.69 Å². The predicted molar refractivity (Wildman–Crippen MR) is 90.4 cm³/mol. The number of hydrogen-bond donors (Lipinski definition) is 1. The first kappa shape index (κ1) is 17.3. The Morgan fingerprint density at radius 1 is 1.23 bits per heavy atom. The fraction of sp³-hybridized carbons (Fsp3) is 0.231. The minimum absolute atomic E-state index is 0.0342. The molecule has 0 amide bonds. The number of rotatable bonds is 5. The molecule has 0 saturated heterocycles. The lowest BCUT2D eigenvalue weighted by Crippen LogP contribution is -2.10. The van der Waals surface area contributed by atoms with Gasteiger partial charge in [0, 0.05) is 22.5 Å². The SMILES string of the molecule is Cc1cc(N)nc(SCCS(=O)(=O)c2cc(Cl)ccc2Cl)n1. The molecule has 9 heteroatoms. The number of anilines is 1. The fourth-order valence-corrected chi connectivity index (χ4v) is 5.07. The maximum atomic E-state index is 12.3. The number of hydrogen-bond acceptors (Lipinski definition) is 6. The summed E-state index contributed by atoms with van der Waals surface area (Å²) < 4.78 is 24.6. The molecule has 5 nitrogen and oxygen atoms in total. The van der Waals surface area contributed by atoms with Gasteiger partial charge in [0.15, 0.2) is 15.0 Å². The van der Waals surface area contributed by atoms with E-state index >= 15 is 0 Å². The van der Waals surface area contributed by atoms with Crippen LogP contribution >= 0.6 is 35.0 Å². The van der Waals surface area contributed by atoms with Crippen molar-refractivity contribution in [3.05, 3.63) is 40.0 Å². The van der Waals surface area contributed by atoms with Crippen molar-refractivity contribution >= 4 is 50.6 Å². The van der Waals surface area contributed by atoms with Crippen molar-refractivity contribution in [2.45, 2.75) is 17.0 Å². The van der Waals surface area contributed by atoms with Crippen LogP contribution in [0.25, 0.3) is 0 Å². The number of halogens is 2. The van der Waals surface area contributed by atoms with E-state index in [1.807, 2.05) is 0 Å². The van der Waals surface area contributed by atoms with E-state index in [9.17, 15) is 8.42 Å². The van der Waals surface area contributed by atoms with Gasteiger partial charge in [-0.05, 0) is 25.1 Å². The van der Waals surface area contributed by atoms with Crippen LogP contribution in [-0.2, 0) is 9.84 Å². The number of nitrogens with two attached hydrogens (primary N) is 1. The second-order valence-electron chi connectivity index (χ2n) is 4.46. The topological polar surface area (TPSA) is 85.9 Å². The molecule has 0 saturated carbocycles.